The molecule has 210 valence electrons. The number of nitrogens with zero attached hydrogens (tertiary/aromatic N) is 1. The van der Waals surface area contributed by atoms with E-state index in [1.807, 2.05) is 18.2 Å². The number of nitrogens with one attached hydrogen (secondary N) is 2. The molecule has 2 radical (unpaired) electrons. The molecule has 8 nitrogen and oxygen atoms in total. The summed E-state index contributed by atoms with van der Waals surface area (Å²) < 4.78 is 43.1. The Morgan fingerprint density at radius 3 is 2.50 bits per heavy atom. The molecule has 1 atom stereocenters. The molecule has 2 heterocycles. The van der Waals surface area contributed by atoms with Gasteiger partial charge in [-0.05, 0) is 67.5 Å². The summed E-state index contributed by atoms with van der Waals surface area (Å²) in [6.45, 7) is 9.09. The Hall–Kier alpha value is -3.76. The summed E-state index contributed by atoms with van der Waals surface area (Å²) in [5, 5.41) is 6.64. The van der Waals surface area contributed by atoms with E-state index in [0.717, 1.165) is 16.6 Å². The number of rotatable bonds is 8. The standard InChI is InChI=1S/C29H32BF2N3O5/c1-5-38-26(37)33-15-19(30)16-35-21-8-7-20(12-17(21)13-24(35)27(2,3)4)34-25(36)28(10-11-28)18-6-9-22-23(14-18)40-29(31,32)39-22/h6-9,12-14,19H,5,10-11,15-16H2,1-4H3,(H,33,37)(H,34,36)/t19-/m0/s1. The van der Waals surface area contributed by atoms with Gasteiger partial charge in [0.1, 0.15) is 0 Å². The van der Waals surface area contributed by atoms with Crippen molar-refractivity contribution in [3.63, 3.8) is 0 Å². The summed E-state index contributed by atoms with van der Waals surface area (Å²) in [4.78, 5) is 25.1. The lowest BCUT2D eigenvalue weighted by atomic mass is 9.86. The SMILES string of the molecule is [B][C@@H](CNC(=O)OCC)Cn1c(C(C)(C)C)cc2cc(NC(=O)C3(c4ccc5c(c4)OC(F)(F)O5)CC3)ccc21. The number of hydrogen-bond acceptors (Lipinski definition) is 5. The summed E-state index contributed by atoms with van der Waals surface area (Å²) >= 11 is 0. The van der Waals surface area contributed by atoms with Gasteiger partial charge in [-0.25, -0.2) is 4.79 Å². The molecule has 2 N–H and O–H groups in total. The van der Waals surface area contributed by atoms with Gasteiger partial charge in [0.25, 0.3) is 0 Å². The minimum absolute atomic E-state index is 0.0500. The second-order valence-electron chi connectivity index (χ2n) is 11.4. The van der Waals surface area contributed by atoms with Gasteiger partial charge in [-0.2, -0.15) is 0 Å². The Labute approximate surface area is 232 Å². The number of ether oxygens (including phenoxy) is 3. The minimum atomic E-state index is -3.71. The number of anilines is 1. The Morgan fingerprint density at radius 2 is 1.82 bits per heavy atom. The van der Waals surface area contributed by atoms with Crippen LogP contribution in [-0.4, -0.2) is 43.9 Å². The van der Waals surface area contributed by atoms with Gasteiger partial charge < -0.3 is 29.4 Å². The van der Waals surface area contributed by atoms with Crippen LogP contribution in [0.2, 0.25) is 5.82 Å². The van der Waals surface area contributed by atoms with Crippen LogP contribution in [0.3, 0.4) is 0 Å². The molecule has 40 heavy (non-hydrogen) atoms. The number of carbonyl (C=O) groups excluding carboxylic acids is 2. The topological polar surface area (TPSA) is 90.8 Å². The number of alkyl carbamates (subject to hydrolysis) is 1. The number of hydrogen-bond donors (Lipinski definition) is 2. The molecule has 0 unspecified atom stereocenters. The highest BCUT2D eigenvalue weighted by molar-refractivity contribution is 6.12. The van der Waals surface area contributed by atoms with Crippen LogP contribution in [0.15, 0.2) is 42.5 Å². The smallest absolute Gasteiger partial charge is 0.450 e. The lowest BCUT2D eigenvalue weighted by Crippen LogP contribution is -2.30. The van der Waals surface area contributed by atoms with Crippen molar-refractivity contribution in [2.45, 2.75) is 70.0 Å². The van der Waals surface area contributed by atoms with Crippen molar-refractivity contribution >= 4 is 36.4 Å². The molecule has 3 aromatic rings. The average molecular weight is 551 g/mol. The van der Waals surface area contributed by atoms with Crippen LogP contribution in [0.1, 0.15) is 51.8 Å². The Kier molecular flexibility index (Phi) is 6.96. The van der Waals surface area contributed by atoms with Crippen molar-refractivity contribution in [2.24, 2.45) is 0 Å². The Bertz CT molecular complexity index is 1460. The van der Waals surface area contributed by atoms with E-state index in [2.05, 4.69) is 51.5 Å². The van der Waals surface area contributed by atoms with Gasteiger partial charge in [0.2, 0.25) is 5.91 Å². The molecule has 1 aromatic heterocycles. The number of benzene rings is 2. The van der Waals surface area contributed by atoms with Gasteiger partial charge in [-0.1, -0.05) is 26.8 Å². The zero-order valence-electron chi connectivity index (χ0n) is 23.0. The van der Waals surface area contributed by atoms with Crippen molar-refractivity contribution in [3.05, 3.63) is 53.7 Å². The molecule has 0 spiro atoms. The highest BCUT2D eigenvalue weighted by Gasteiger charge is 2.52. The predicted octanol–water partition coefficient (Wildman–Crippen LogP) is 5.63. The van der Waals surface area contributed by atoms with Crippen LogP contribution >= 0.6 is 0 Å². The number of amides is 2. The van der Waals surface area contributed by atoms with E-state index < -0.39 is 17.8 Å². The monoisotopic (exact) mass is 551 g/mol. The molecule has 2 aliphatic rings. The first-order chi connectivity index (χ1) is 18.8. The first kappa shape index (κ1) is 27.8. The third-order valence-corrected chi connectivity index (χ3v) is 7.27. The van der Waals surface area contributed by atoms with Crippen LogP contribution in [0.4, 0.5) is 19.3 Å². The Morgan fingerprint density at radius 1 is 1.10 bits per heavy atom. The van der Waals surface area contributed by atoms with E-state index in [1.54, 1.807) is 13.0 Å². The van der Waals surface area contributed by atoms with E-state index in [1.165, 1.54) is 12.1 Å². The zero-order chi connectivity index (χ0) is 28.9. The van der Waals surface area contributed by atoms with Crippen LogP contribution in [0.5, 0.6) is 11.5 Å². The normalized spacial score (nSPS) is 17.4. The number of carbonyl (C=O) groups is 2. The van der Waals surface area contributed by atoms with Gasteiger partial charge >= 0.3 is 12.4 Å². The maximum Gasteiger partial charge on any atom is 0.586 e. The molecule has 1 fully saturated rings. The van der Waals surface area contributed by atoms with E-state index in [9.17, 15) is 18.4 Å². The number of halogens is 2. The van der Waals surface area contributed by atoms with Gasteiger partial charge in [0.15, 0.2) is 11.5 Å². The summed E-state index contributed by atoms with van der Waals surface area (Å²) in [7, 11) is 6.36. The van der Waals surface area contributed by atoms with E-state index >= 15 is 0 Å². The summed E-state index contributed by atoms with van der Waals surface area (Å²) in [5.41, 5.74) is 2.25. The van der Waals surface area contributed by atoms with Gasteiger partial charge in [-0.15, -0.1) is 8.78 Å². The molecule has 2 aromatic carbocycles. The first-order valence-corrected chi connectivity index (χ1v) is 13.3. The van der Waals surface area contributed by atoms with Crippen molar-refractivity contribution in [1.29, 1.82) is 0 Å². The third kappa shape index (κ3) is 5.46. The molecule has 0 saturated heterocycles. The molecule has 2 amide bonds. The Balaban J connectivity index is 1.35. The molecule has 1 aliphatic carbocycles. The second-order valence-corrected chi connectivity index (χ2v) is 11.4. The molecule has 11 heteroatoms. The number of aromatic nitrogens is 1. The fourth-order valence-electron chi connectivity index (χ4n) is 5.13. The van der Waals surface area contributed by atoms with Crippen molar-refractivity contribution in [3.8, 4) is 11.5 Å². The molecule has 0 bridgehead atoms. The molecular weight excluding hydrogens is 519 g/mol. The van der Waals surface area contributed by atoms with E-state index in [-0.39, 0.29) is 41.8 Å². The first-order valence-electron chi connectivity index (χ1n) is 13.3. The maximum atomic E-state index is 13.5. The summed E-state index contributed by atoms with van der Waals surface area (Å²) in [6.07, 6.45) is -3.02. The molecule has 1 aliphatic heterocycles. The van der Waals surface area contributed by atoms with Crippen molar-refractivity contribution in [2.75, 3.05) is 18.5 Å². The van der Waals surface area contributed by atoms with Crippen LogP contribution in [0.25, 0.3) is 10.9 Å². The maximum absolute atomic E-state index is 13.5. The van der Waals surface area contributed by atoms with Crippen LogP contribution in [-0.2, 0) is 26.9 Å². The van der Waals surface area contributed by atoms with Crippen molar-refractivity contribution < 1.29 is 32.6 Å². The number of fused-ring (bicyclic) bond motifs is 2. The van der Waals surface area contributed by atoms with Gasteiger partial charge in [0, 0.05) is 40.8 Å². The highest BCUT2D eigenvalue weighted by atomic mass is 19.3. The average Bonchev–Trinajstić information content (AvgIpc) is 3.51. The second kappa shape index (κ2) is 10.0. The largest absolute Gasteiger partial charge is 0.586 e. The lowest BCUT2D eigenvalue weighted by Gasteiger charge is -2.24. The van der Waals surface area contributed by atoms with Gasteiger partial charge in [0.05, 0.1) is 19.9 Å². The molecule has 1 saturated carbocycles. The molecule has 5 rings (SSSR count). The zero-order valence-corrected chi connectivity index (χ0v) is 23.0. The van der Waals surface area contributed by atoms with Crippen LogP contribution in [0, 0.1) is 0 Å². The van der Waals surface area contributed by atoms with E-state index in [4.69, 9.17) is 12.6 Å². The fraction of sp³-hybridized carbons (Fsp3) is 0.448. The highest BCUT2D eigenvalue weighted by Crippen LogP contribution is 2.52. The van der Waals surface area contributed by atoms with Gasteiger partial charge in [-0.3, -0.25) is 4.79 Å². The summed E-state index contributed by atoms with van der Waals surface area (Å²) in [6, 6.07) is 12.3. The third-order valence-electron chi connectivity index (χ3n) is 7.27. The summed E-state index contributed by atoms with van der Waals surface area (Å²) in [5.74, 6) is -0.683. The van der Waals surface area contributed by atoms with Crippen LogP contribution < -0.4 is 20.1 Å². The number of alkyl halides is 2. The van der Waals surface area contributed by atoms with Crippen molar-refractivity contribution in [1.82, 2.24) is 9.88 Å². The minimum Gasteiger partial charge on any atom is -0.450 e. The predicted molar refractivity (Wildman–Crippen MR) is 147 cm³/mol. The fourth-order valence-corrected chi connectivity index (χ4v) is 5.13. The molecular formula is C29H32BF2N3O5. The quantitative estimate of drug-likeness (QED) is 0.354. The lowest BCUT2D eigenvalue weighted by molar-refractivity contribution is -0.286. The van der Waals surface area contributed by atoms with E-state index in [0.29, 0.717) is 30.6 Å².